The summed E-state index contributed by atoms with van der Waals surface area (Å²) in [6, 6.07) is 8.07. The molecule has 5 nitrogen and oxygen atoms in total. The minimum Gasteiger partial charge on any atom is -0.507 e. The van der Waals surface area contributed by atoms with Gasteiger partial charge in [-0.15, -0.1) is 0 Å². The highest BCUT2D eigenvalue weighted by Gasteiger charge is 2.35. The molecule has 0 saturated heterocycles. The molecule has 0 radical (unpaired) electrons. The fourth-order valence-corrected chi connectivity index (χ4v) is 2.21. The normalized spacial score (nSPS) is 17.1. The molecule has 0 saturated carbocycles. The van der Waals surface area contributed by atoms with Crippen LogP contribution >= 0.6 is 0 Å². The van der Waals surface area contributed by atoms with E-state index in [0.29, 0.717) is 16.9 Å². The Morgan fingerprint density at radius 3 is 2.68 bits per heavy atom. The number of esters is 1. The summed E-state index contributed by atoms with van der Waals surface area (Å²) in [7, 11) is 0. The Hall–Kier alpha value is -2.56. The quantitative estimate of drug-likeness (QED) is 0.791. The molecule has 1 atom stereocenters. The van der Waals surface area contributed by atoms with Crippen molar-refractivity contribution in [3.8, 4) is 5.75 Å². The van der Waals surface area contributed by atoms with E-state index in [2.05, 4.69) is 0 Å². The lowest BCUT2D eigenvalue weighted by molar-refractivity contribution is 0.0447. The van der Waals surface area contributed by atoms with Crippen molar-refractivity contribution >= 4 is 5.97 Å². The van der Waals surface area contributed by atoms with Gasteiger partial charge in [-0.05, 0) is 13.0 Å². The minimum atomic E-state index is -0.916. The molecular formula is C14H10O5. The molecule has 3 rings (SSSR count). The lowest BCUT2D eigenvalue weighted by Gasteiger charge is -2.11. The molecule has 0 bridgehead atoms. The molecule has 19 heavy (non-hydrogen) atoms. The van der Waals surface area contributed by atoms with Crippen LogP contribution in [-0.4, -0.2) is 11.1 Å². The fourth-order valence-electron chi connectivity index (χ4n) is 2.21. The molecule has 0 aliphatic carbocycles. The lowest BCUT2D eigenvalue weighted by Crippen LogP contribution is -2.14. The maximum Gasteiger partial charge on any atom is 0.347 e. The summed E-state index contributed by atoms with van der Waals surface area (Å²) < 4.78 is 10.1. The average Bonchev–Trinajstić information content (AvgIpc) is 2.67. The highest BCUT2D eigenvalue weighted by molar-refractivity contribution is 5.94. The molecular weight excluding hydrogens is 248 g/mol. The Kier molecular flexibility index (Phi) is 2.41. The van der Waals surface area contributed by atoms with Gasteiger partial charge >= 0.3 is 11.6 Å². The fraction of sp³-hybridized carbons (Fsp3) is 0.143. The zero-order valence-electron chi connectivity index (χ0n) is 10.0. The molecule has 0 spiro atoms. The number of rotatable bonds is 1. The van der Waals surface area contributed by atoms with Crippen LogP contribution in [0.5, 0.6) is 5.75 Å². The molecule has 5 heteroatoms. The number of hydrogen-bond acceptors (Lipinski definition) is 5. The number of hydrogen-bond donors (Lipinski definition) is 1. The summed E-state index contributed by atoms with van der Waals surface area (Å²) in [6.45, 7) is 1.56. The number of carbonyl (C=O) groups excluding carboxylic acids is 1. The van der Waals surface area contributed by atoms with Crippen LogP contribution in [0.2, 0.25) is 0 Å². The number of cyclic esters (lactones) is 1. The highest BCUT2D eigenvalue weighted by atomic mass is 16.6. The Bertz CT molecular complexity index is 729. The van der Waals surface area contributed by atoms with Gasteiger partial charge in [0.05, 0.1) is 5.56 Å². The highest BCUT2D eigenvalue weighted by Crippen LogP contribution is 2.37. The van der Waals surface area contributed by atoms with Gasteiger partial charge in [0.25, 0.3) is 0 Å². The van der Waals surface area contributed by atoms with Crippen LogP contribution in [0.4, 0.5) is 0 Å². The van der Waals surface area contributed by atoms with Crippen LogP contribution in [0.3, 0.4) is 0 Å². The average molecular weight is 258 g/mol. The molecule has 2 aromatic rings. The van der Waals surface area contributed by atoms with Gasteiger partial charge in [-0.3, -0.25) is 0 Å². The number of benzene rings is 1. The SMILES string of the molecule is Cc1cc(O)c(C2OC(=O)c3ccccc32)c(=O)o1. The van der Waals surface area contributed by atoms with Crippen LogP contribution < -0.4 is 5.63 Å². The van der Waals surface area contributed by atoms with E-state index < -0.39 is 17.7 Å². The molecule has 0 amide bonds. The lowest BCUT2D eigenvalue weighted by atomic mass is 10.00. The van der Waals surface area contributed by atoms with E-state index in [1.54, 1.807) is 31.2 Å². The number of carbonyl (C=O) groups is 1. The summed E-state index contributed by atoms with van der Waals surface area (Å²) in [4.78, 5) is 23.5. The third kappa shape index (κ3) is 1.71. The van der Waals surface area contributed by atoms with Crippen molar-refractivity contribution < 1.29 is 19.1 Å². The molecule has 1 aromatic heterocycles. The van der Waals surface area contributed by atoms with Gasteiger partial charge in [0.15, 0.2) is 6.10 Å². The number of aromatic hydroxyl groups is 1. The molecule has 1 aromatic carbocycles. The summed E-state index contributed by atoms with van der Waals surface area (Å²) >= 11 is 0. The molecule has 1 aliphatic heterocycles. The van der Waals surface area contributed by atoms with E-state index in [4.69, 9.17) is 9.15 Å². The maximum atomic E-state index is 11.8. The summed E-state index contributed by atoms with van der Waals surface area (Å²) in [6.07, 6.45) is -0.916. The van der Waals surface area contributed by atoms with E-state index in [1.165, 1.54) is 6.07 Å². The molecule has 96 valence electrons. The number of fused-ring (bicyclic) bond motifs is 1. The molecule has 2 heterocycles. The van der Waals surface area contributed by atoms with Gasteiger partial charge in [-0.2, -0.15) is 0 Å². The second-order valence-corrected chi connectivity index (χ2v) is 4.32. The molecule has 1 aliphatic rings. The van der Waals surface area contributed by atoms with Crippen LogP contribution in [0, 0.1) is 6.92 Å². The first-order chi connectivity index (χ1) is 9.08. The van der Waals surface area contributed by atoms with Gasteiger partial charge in [0, 0.05) is 11.6 Å². The van der Waals surface area contributed by atoms with Crippen molar-refractivity contribution in [1.82, 2.24) is 0 Å². The Morgan fingerprint density at radius 1 is 1.21 bits per heavy atom. The first-order valence-electron chi connectivity index (χ1n) is 5.71. The van der Waals surface area contributed by atoms with E-state index in [9.17, 15) is 14.7 Å². The predicted octanol–water partition coefficient (Wildman–Crippen LogP) is 1.91. The third-order valence-corrected chi connectivity index (χ3v) is 3.04. The van der Waals surface area contributed by atoms with Crippen molar-refractivity contribution in [3.05, 3.63) is 63.2 Å². The third-order valence-electron chi connectivity index (χ3n) is 3.04. The number of ether oxygens (including phenoxy) is 1. The van der Waals surface area contributed by atoms with Gasteiger partial charge in [-0.25, -0.2) is 9.59 Å². The van der Waals surface area contributed by atoms with Gasteiger partial charge in [0.1, 0.15) is 17.1 Å². The van der Waals surface area contributed by atoms with Gasteiger partial charge in [-0.1, -0.05) is 18.2 Å². The first-order valence-corrected chi connectivity index (χ1v) is 5.71. The van der Waals surface area contributed by atoms with Gasteiger partial charge in [0.2, 0.25) is 0 Å². The van der Waals surface area contributed by atoms with Crippen molar-refractivity contribution in [3.63, 3.8) is 0 Å². The molecule has 1 unspecified atom stereocenters. The summed E-state index contributed by atoms with van der Waals surface area (Å²) in [5.41, 5.74) is 0.196. The van der Waals surface area contributed by atoms with Crippen LogP contribution in [0.1, 0.15) is 33.3 Å². The van der Waals surface area contributed by atoms with Crippen molar-refractivity contribution in [2.45, 2.75) is 13.0 Å². The standard InChI is InChI=1S/C14H10O5/c1-7-6-10(15)11(14(17)18-7)12-8-4-2-3-5-9(8)13(16)19-12/h2-6,12,15H,1H3. The largest absolute Gasteiger partial charge is 0.507 e. The summed E-state index contributed by atoms with van der Waals surface area (Å²) in [5, 5.41) is 9.89. The van der Waals surface area contributed by atoms with Crippen molar-refractivity contribution in [2.75, 3.05) is 0 Å². The van der Waals surface area contributed by atoms with E-state index in [0.717, 1.165) is 0 Å². The predicted molar refractivity (Wildman–Crippen MR) is 65.1 cm³/mol. The van der Waals surface area contributed by atoms with E-state index >= 15 is 0 Å². The van der Waals surface area contributed by atoms with Crippen molar-refractivity contribution in [2.24, 2.45) is 0 Å². The Labute approximate surface area is 108 Å². The Balaban J connectivity index is 2.21. The van der Waals surface area contributed by atoms with Crippen molar-refractivity contribution in [1.29, 1.82) is 0 Å². The topological polar surface area (TPSA) is 76.7 Å². The van der Waals surface area contributed by atoms with Crippen LogP contribution in [0.25, 0.3) is 0 Å². The van der Waals surface area contributed by atoms with E-state index in [1.807, 2.05) is 0 Å². The second-order valence-electron chi connectivity index (χ2n) is 4.32. The van der Waals surface area contributed by atoms with Gasteiger partial charge < -0.3 is 14.3 Å². The number of aryl methyl sites for hydroxylation is 1. The summed E-state index contributed by atoms with van der Waals surface area (Å²) in [5.74, 6) is -0.452. The zero-order chi connectivity index (χ0) is 13.6. The minimum absolute atomic E-state index is 0.0519. The first kappa shape index (κ1) is 11.5. The van der Waals surface area contributed by atoms with Crippen LogP contribution in [0.15, 0.2) is 39.5 Å². The van der Waals surface area contributed by atoms with Crippen LogP contribution in [-0.2, 0) is 4.74 Å². The monoisotopic (exact) mass is 258 g/mol. The second kappa shape index (κ2) is 3.98. The molecule has 0 fully saturated rings. The zero-order valence-corrected chi connectivity index (χ0v) is 10.0. The van der Waals surface area contributed by atoms with E-state index in [-0.39, 0.29) is 11.3 Å². The molecule has 1 N–H and O–H groups in total. The maximum absolute atomic E-state index is 11.8. The smallest absolute Gasteiger partial charge is 0.347 e. The Morgan fingerprint density at radius 2 is 1.95 bits per heavy atom.